The molecule has 0 spiro atoms. The van der Waals surface area contributed by atoms with Crippen molar-refractivity contribution < 1.29 is 18.7 Å². The molecule has 1 unspecified atom stereocenters. The molecule has 176 valence electrons. The Morgan fingerprint density at radius 3 is 2.65 bits per heavy atom. The minimum atomic E-state index is -0.559. The first kappa shape index (κ1) is 22.6. The summed E-state index contributed by atoms with van der Waals surface area (Å²) in [7, 11) is 0. The standard InChI is InChI=1S/C27H27FN2O3S/c1-18-6-2-5-9-24(18)33-17-23-21-13-15-34-25(21)12-14-29(23)26(31)16-30(19-10-11-19)27(32)20-7-3-4-8-22(20)28/h2-9,13,15,19,23H,10-12,14,16-17H2,1H3. The number of hydrogen-bond donors (Lipinski definition) is 0. The summed E-state index contributed by atoms with van der Waals surface area (Å²) in [6.07, 6.45) is 2.45. The number of aryl methyl sites for hydroxylation is 1. The second kappa shape index (κ2) is 9.58. The third-order valence-electron chi connectivity index (χ3n) is 6.56. The highest BCUT2D eigenvalue weighted by Crippen LogP contribution is 2.35. The number of ether oxygens (including phenoxy) is 1. The fourth-order valence-electron chi connectivity index (χ4n) is 4.54. The number of nitrogens with zero attached hydrogens (tertiary/aromatic N) is 2. The first-order chi connectivity index (χ1) is 16.5. The lowest BCUT2D eigenvalue weighted by molar-refractivity contribution is -0.135. The van der Waals surface area contributed by atoms with Crippen LogP contribution in [0.2, 0.25) is 0 Å². The Bertz CT molecular complexity index is 1210. The van der Waals surface area contributed by atoms with Gasteiger partial charge in [0.2, 0.25) is 5.91 Å². The van der Waals surface area contributed by atoms with Crippen LogP contribution in [0.4, 0.5) is 4.39 Å². The Balaban J connectivity index is 1.36. The van der Waals surface area contributed by atoms with E-state index < -0.39 is 11.7 Å². The first-order valence-electron chi connectivity index (χ1n) is 11.6. The summed E-state index contributed by atoms with van der Waals surface area (Å²) in [5, 5.41) is 2.05. The van der Waals surface area contributed by atoms with Crippen molar-refractivity contribution in [3.05, 3.63) is 87.4 Å². The van der Waals surface area contributed by atoms with Crippen molar-refractivity contribution in [2.24, 2.45) is 0 Å². The van der Waals surface area contributed by atoms with Crippen molar-refractivity contribution in [3.8, 4) is 5.75 Å². The minimum Gasteiger partial charge on any atom is -0.491 e. The maximum absolute atomic E-state index is 14.3. The molecule has 0 bridgehead atoms. The van der Waals surface area contributed by atoms with E-state index >= 15 is 0 Å². The molecular weight excluding hydrogens is 451 g/mol. The van der Waals surface area contributed by atoms with E-state index in [4.69, 9.17) is 4.74 Å². The summed E-state index contributed by atoms with van der Waals surface area (Å²) >= 11 is 1.70. The van der Waals surface area contributed by atoms with Crippen molar-refractivity contribution in [2.75, 3.05) is 19.7 Å². The molecule has 2 aliphatic rings. The molecule has 0 saturated heterocycles. The molecule has 1 fully saturated rings. The number of carbonyl (C=O) groups is 2. The number of carbonyl (C=O) groups excluding carboxylic acids is 2. The van der Waals surface area contributed by atoms with E-state index in [9.17, 15) is 14.0 Å². The number of benzene rings is 2. The van der Waals surface area contributed by atoms with E-state index in [1.807, 2.05) is 36.1 Å². The van der Waals surface area contributed by atoms with Crippen LogP contribution in [-0.2, 0) is 11.2 Å². The van der Waals surface area contributed by atoms with E-state index in [0.717, 1.165) is 36.1 Å². The van der Waals surface area contributed by atoms with Crippen LogP contribution < -0.4 is 4.74 Å². The number of para-hydroxylation sites is 1. The van der Waals surface area contributed by atoms with E-state index in [-0.39, 0.29) is 30.1 Å². The summed E-state index contributed by atoms with van der Waals surface area (Å²) in [5.74, 6) is -0.315. The average molecular weight is 479 g/mol. The molecule has 1 aliphatic heterocycles. The van der Waals surface area contributed by atoms with Gasteiger partial charge in [-0.15, -0.1) is 11.3 Å². The van der Waals surface area contributed by atoms with Crippen LogP contribution in [-0.4, -0.2) is 47.4 Å². The summed E-state index contributed by atoms with van der Waals surface area (Å²) in [5.41, 5.74) is 2.16. The normalized spacial score (nSPS) is 17.2. The molecule has 7 heteroatoms. The Hall–Kier alpha value is -3.19. The molecule has 2 amide bonds. The molecule has 5 rings (SSSR count). The highest BCUT2D eigenvalue weighted by Gasteiger charge is 2.38. The lowest BCUT2D eigenvalue weighted by Crippen LogP contribution is -2.48. The molecule has 34 heavy (non-hydrogen) atoms. The molecule has 1 atom stereocenters. The number of thiophene rings is 1. The maximum Gasteiger partial charge on any atom is 0.257 e. The third-order valence-corrected chi connectivity index (χ3v) is 7.56. The number of halogens is 1. The van der Waals surface area contributed by atoms with Gasteiger partial charge in [-0.2, -0.15) is 0 Å². The van der Waals surface area contributed by atoms with Crippen LogP contribution in [0.15, 0.2) is 60.0 Å². The number of rotatable bonds is 7. The topological polar surface area (TPSA) is 49.9 Å². The first-order valence-corrected chi connectivity index (χ1v) is 12.5. The minimum absolute atomic E-state index is 0.0143. The third kappa shape index (κ3) is 4.57. The van der Waals surface area contributed by atoms with Crippen molar-refractivity contribution >= 4 is 23.2 Å². The highest BCUT2D eigenvalue weighted by molar-refractivity contribution is 7.10. The van der Waals surface area contributed by atoms with Gasteiger partial charge < -0.3 is 14.5 Å². The SMILES string of the molecule is Cc1ccccc1OCC1c2ccsc2CCN1C(=O)CN(C(=O)c1ccccc1F)C1CC1. The summed E-state index contributed by atoms with van der Waals surface area (Å²) in [6, 6.07) is 15.6. The van der Waals surface area contributed by atoms with Gasteiger partial charge in [-0.05, 0) is 67.0 Å². The Morgan fingerprint density at radius 1 is 1.12 bits per heavy atom. The Labute approximate surface area is 202 Å². The van der Waals surface area contributed by atoms with Gasteiger partial charge in [-0.1, -0.05) is 30.3 Å². The zero-order valence-corrected chi connectivity index (χ0v) is 19.9. The van der Waals surface area contributed by atoms with Crippen molar-refractivity contribution in [3.63, 3.8) is 0 Å². The van der Waals surface area contributed by atoms with Crippen LogP contribution in [0.5, 0.6) is 5.75 Å². The van der Waals surface area contributed by atoms with Crippen LogP contribution in [0, 0.1) is 12.7 Å². The number of amides is 2. The highest BCUT2D eigenvalue weighted by atomic mass is 32.1. The zero-order chi connectivity index (χ0) is 23.7. The van der Waals surface area contributed by atoms with E-state index in [1.165, 1.54) is 17.0 Å². The van der Waals surface area contributed by atoms with Crippen LogP contribution in [0.25, 0.3) is 0 Å². The van der Waals surface area contributed by atoms with Gasteiger partial charge in [0.05, 0.1) is 11.6 Å². The van der Waals surface area contributed by atoms with Gasteiger partial charge in [0.15, 0.2) is 0 Å². The average Bonchev–Trinajstić information content (AvgIpc) is 3.57. The largest absolute Gasteiger partial charge is 0.491 e. The van der Waals surface area contributed by atoms with E-state index in [1.54, 1.807) is 28.4 Å². The molecule has 2 heterocycles. The molecular formula is C27H27FN2O3S. The van der Waals surface area contributed by atoms with Gasteiger partial charge >= 0.3 is 0 Å². The fourth-order valence-corrected chi connectivity index (χ4v) is 5.47. The number of hydrogen-bond acceptors (Lipinski definition) is 4. The smallest absolute Gasteiger partial charge is 0.257 e. The molecule has 1 aromatic heterocycles. The number of fused-ring (bicyclic) bond motifs is 1. The molecule has 5 nitrogen and oxygen atoms in total. The van der Waals surface area contributed by atoms with Crippen molar-refractivity contribution in [2.45, 2.75) is 38.3 Å². The summed E-state index contributed by atoms with van der Waals surface area (Å²) in [4.78, 5) is 31.4. The molecule has 0 N–H and O–H groups in total. The Morgan fingerprint density at radius 2 is 1.88 bits per heavy atom. The second-order valence-electron chi connectivity index (χ2n) is 8.87. The van der Waals surface area contributed by atoms with Crippen LogP contribution in [0.1, 0.15) is 45.2 Å². The molecule has 2 aromatic carbocycles. The van der Waals surface area contributed by atoms with Crippen molar-refractivity contribution in [1.29, 1.82) is 0 Å². The predicted molar refractivity (Wildman–Crippen MR) is 130 cm³/mol. The molecule has 1 saturated carbocycles. The molecule has 3 aromatic rings. The quantitative estimate of drug-likeness (QED) is 0.480. The van der Waals surface area contributed by atoms with Gasteiger partial charge in [0, 0.05) is 17.5 Å². The van der Waals surface area contributed by atoms with E-state index in [0.29, 0.717) is 13.2 Å². The monoisotopic (exact) mass is 478 g/mol. The van der Waals surface area contributed by atoms with E-state index in [2.05, 4.69) is 11.4 Å². The van der Waals surface area contributed by atoms with Crippen molar-refractivity contribution in [1.82, 2.24) is 9.80 Å². The fraction of sp³-hybridized carbons (Fsp3) is 0.333. The second-order valence-corrected chi connectivity index (χ2v) is 9.87. The molecule has 0 radical (unpaired) electrons. The van der Waals surface area contributed by atoms with Gasteiger partial charge in [0.25, 0.3) is 5.91 Å². The molecule has 1 aliphatic carbocycles. The summed E-state index contributed by atoms with van der Waals surface area (Å²) in [6.45, 7) is 2.85. The summed E-state index contributed by atoms with van der Waals surface area (Å²) < 4.78 is 20.5. The van der Waals surface area contributed by atoms with Gasteiger partial charge in [0.1, 0.15) is 24.7 Å². The lowest BCUT2D eigenvalue weighted by Gasteiger charge is -2.37. The predicted octanol–water partition coefficient (Wildman–Crippen LogP) is 5.01. The van der Waals surface area contributed by atoms with Crippen LogP contribution >= 0.6 is 11.3 Å². The zero-order valence-electron chi connectivity index (χ0n) is 19.1. The van der Waals surface area contributed by atoms with Crippen LogP contribution in [0.3, 0.4) is 0 Å². The Kier molecular flexibility index (Phi) is 6.37. The maximum atomic E-state index is 14.3. The van der Waals surface area contributed by atoms with Gasteiger partial charge in [-0.25, -0.2) is 4.39 Å². The van der Waals surface area contributed by atoms with Gasteiger partial charge in [-0.3, -0.25) is 9.59 Å². The lowest BCUT2D eigenvalue weighted by atomic mass is 10.00.